The molecule has 0 saturated heterocycles. The monoisotopic (exact) mass is 188 g/mol. The highest BCUT2D eigenvalue weighted by Gasteiger charge is 2.07. The molecule has 2 rings (SSSR count). The molecule has 3 nitrogen and oxygen atoms in total. The van der Waals surface area contributed by atoms with Gasteiger partial charge in [-0.1, -0.05) is 23.4 Å². The molecule has 0 aliphatic heterocycles. The lowest BCUT2D eigenvalue weighted by molar-refractivity contribution is 0.319. The van der Waals surface area contributed by atoms with Crippen LogP contribution in [0.2, 0.25) is 0 Å². The molecule has 1 aromatic heterocycles. The fourth-order valence-electron chi connectivity index (χ4n) is 1.68. The van der Waals surface area contributed by atoms with E-state index in [9.17, 15) is 0 Å². The van der Waals surface area contributed by atoms with E-state index in [4.69, 9.17) is 5.21 Å². The molecule has 0 amide bonds. The molecule has 3 heteroatoms. The number of fused-ring (bicyclic) bond motifs is 1. The highest BCUT2D eigenvalue weighted by atomic mass is 16.4. The molecule has 0 radical (unpaired) electrons. The van der Waals surface area contributed by atoms with Gasteiger partial charge in [0, 0.05) is 29.7 Å². The Labute approximate surface area is 82.3 Å². The van der Waals surface area contributed by atoms with Crippen LogP contribution in [-0.2, 0) is 7.05 Å². The van der Waals surface area contributed by atoms with Gasteiger partial charge in [-0.2, -0.15) is 0 Å². The molecule has 0 aliphatic rings. The van der Waals surface area contributed by atoms with Gasteiger partial charge in [-0.25, -0.2) is 0 Å². The van der Waals surface area contributed by atoms with Crippen molar-refractivity contribution in [1.82, 2.24) is 4.57 Å². The van der Waals surface area contributed by atoms with E-state index >= 15 is 0 Å². The Balaban J connectivity index is 2.79. The Morgan fingerprint density at radius 2 is 2.07 bits per heavy atom. The van der Waals surface area contributed by atoms with Crippen LogP contribution in [-0.4, -0.2) is 15.5 Å². The first-order chi connectivity index (χ1) is 6.74. The lowest BCUT2D eigenvalue weighted by Crippen LogP contribution is -1.92. The van der Waals surface area contributed by atoms with Crippen molar-refractivity contribution in [2.24, 2.45) is 12.2 Å². The van der Waals surface area contributed by atoms with Gasteiger partial charge in [-0.05, 0) is 13.0 Å². The number of oxime groups is 1. The molecule has 0 fully saturated rings. The van der Waals surface area contributed by atoms with Crippen molar-refractivity contribution in [2.75, 3.05) is 0 Å². The van der Waals surface area contributed by atoms with E-state index in [2.05, 4.69) is 5.16 Å². The summed E-state index contributed by atoms with van der Waals surface area (Å²) in [6.45, 7) is 1.79. The van der Waals surface area contributed by atoms with Crippen molar-refractivity contribution in [1.29, 1.82) is 0 Å². The van der Waals surface area contributed by atoms with Gasteiger partial charge in [0.25, 0.3) is 0 Å². The van der Waals surface area contributed by atoms with Crippen LogP contribution in [0.4, 0.5) is 0 Å². The standard InChI is InChI=1S/C11H12N2O/c1-8(12-14)10-7-13(2)11-6-4-3-5-9(10)11/h3-7,14H,1-2H3. The first kappa shape index (κ1) is 8.81. The summed E-state index contributed by atoms with van der Waals surface area (Å²) in [5.41, 5.74) is 2.76. The lowest BCUT2D eigenvalue weighted by atomic mass is 10.1. The zero-order valence-electron chi connectivity index (χ0n) is 8.23. The van der Waals surface area contributed by atoms with Crippen LogP contribution in [0.15, 0.2) is 35.6 Å². The van der Waals surface area contributed by atoms with Gasteiger partial charge < -0.3 is 9.77 Å². The molecule has 0 aliphatic carbocycles. The maximum absolute atomic E-state index is 8.74. The molecule has 14 heavy (non-hydrogen) atoms. The third-order valence-electron chi connectivity index (χ3n) is 2.44. The fourth-order valence-corrected chi connectivity index (χ4v) is 1.68. The summed E-state index contributed by atoms with van der Waals surface area (Å²) in [7, 11) is 1.98. The second kappa shape index (κ2) is 3.18. The molecule has 1 N–H and O–H groups in total. The lowest BCUT2D eigenvalue weighted by Gasteiger charge is -1.94. The SMILES string of the molecule is CC(=NO)c1cn(C)c2ccccc12. The summed E-state index contributed by atoms with van der Waals surface area (Å²) in [5, 5.41) is 13.1. The van der Waals surface area contributed by atoms with E-state index in [1.165, 1.54) is 0 Å². The Kier molecular flexibility index (Phi) is 2.00. The predicted octanol–water partition coefficient (Wildman–Crippen LogP) is 2.38. The van der Waals surface area contributed by atoms with Gasteiger partial charge in [-0.15, -0.1) is 0 Å². The number of rotatable bonds is 1. The highest BCUT2D eigenvalue weighted by Crippen LogP contribution is 2.20. The van der Waals surface area contributed by atoms with Crippen molar-refractivity contribution in [2.45, 2.75) is 6.92 Å². The van der Waals surface area contributed by atoms with Gasteiger partial charge in [0.05, 0.1) is 5.71 Å². The van der Waals surface area contributed by atoms with E-state index in [0.717, 1.165) is 16.5 Å². The average molecular weight is 188 g/mol. The quantitative estimate of drug-likeness (QED) is 0.416. The molecule has 2 aromatic rings. The minimum atomic E-state index is 0.641. The first-order valence-electron chi connectivity index (χ1n) is 4.47. The van der Waals surface area contributed by atoms with Crippen LogP contribution in [0.5, 0.6) is 0 Å². The topological polar surface area (TPSA) is 37.5 Å². The number of benzene rings is 1. The van der Waals surface area contributed by atoms with Gasteiger partial charge in [-0.3, -0.25) is 0 Å². The molecular weight excluding hydrogens is 176 g/mol. The normalized spacial score (nSPS) is 12.3. The average Bonchev–Trinajstić information content (AvgIpc) is 2.56. The molecule has 72 valence electrons. The Morgan fingerprint density at radius 1 is 1.36 bits per heavy atom. The van der Waals surface area contributed by atoms with Crippen molar-refractivity contribution in [3.05, 3.63) is 36.0 Å². The zero-order chi connectivity index (χ0) is 10.1. The number of para-hydroxylation sites is 1. The molecule has 0 atom stereocenters. The highest BCUT2D eigenvalue weighted by molar-refractivity contribution is 6.09. The fraction of sp³-hybridized carbons (Fsp3) is 0.182. The van der Waals surface area contributed by atoms with Crippen LogP contribution < -0.4 is 0 Å². The third kappa shape index (κ3) is 1.18. The number of aromatic nitrogens is 1. The van der Waals surface area contributed by atoms with E-state index in [1.807, 2.05) is 42.1 Å². The molecule has 1 heterocycles. The Bertz CT molecular complexity index is 497. The Morgan fingerprint density at radius 3 is 2.79 bits per heavy atom. The molecule has 0 unspecified atom stereocenters. The van der Waals surface area contributed by atoms with E-state index in [1.54, 1.807) is 6.92 Å². The smallest absolute Gasteiger partial charge is 0.0858 e. The minimum absolute atomic E-state index is 0.641. The van der Waals surface area contributed by atoms with Crippen LogP contribution in [0.1, 0.15) is 12.5 Å². The number of hydrogen-bond donors (Lipinski definition) is 1. The van der Waals surface area contributed by atoms with Crippen LogP contribution in [0.3, 0.4) is 0 Å². The summed E-state index contributed by atoms with van der Waals surface area (Å²) in [5.74, 6) is 0. The van der Waals surface area contributed by atoms with E-state index < -0.39 is 0 Å². The molecule has 0 saturated carbocycles. The van der Waals surface area contributed by atoms with Gasteiger partial charge in [0.1, 0.15) is 0 Å². The third-order valence-corrected chi connectivity index (χ3v) is 2.44. The van der Waals surface area contributed by atoms with Crippen molar-refractivity contribution < 1.29 is 5.21 Å². The maximum atomic E-state index is 8.74. The second-order valence-corrected chi connectivity index (χ2v) is 3.36. The van der Waals surface area contributed by atoms with E-state index in [0.29, 0.717) is 5.71 Å². The van der Waals surface area contributed by atoms with Gasteiger partial charge in [0.2, 0.25) is 0 Å². The molecule has 1 aromatic carbocycles. The van der Waals surface area contributed by atoms with Crippen molar-refractivity contribution in [3.8, 4) is 0 Å². The summed E-state index contributed by atoms with van der Waals surface area (Å²) >= 11 is 0. The number of nitrogens with zero attached hydrogens (tertiary/aromatic N) is 2. The van der Waals surface area contributed by atoms with Crippen LogP contribution in [0.25, 0.3) is 10.9 Å². The summed E-state index contributed by atoms with van der Waals surface area (Å²) < 4.78 is 2.03. The van der Waals surface area contributed by atoms with Crippen molar-refractivity contribution >= 4 is 16.6 Å². The summed E-state index contributed by atoms with van der Waals surface area (Å²) in [6.07, 6.45) is 1.97. The molecular formula is C11H12N2O. The maximum Gasteiger partial charge on any atom is 0.0858 e. The van der Waals surface area contributed by atoms with Gasteiger partial charge >= 0.3 is 0 Å². The van der Waals surface area contributed by atoms with Crippen LogP contribution >= 0.6 is 0 Å². The molecule has 0 spiro atoms. The first-order valence-corrected chi connectivity index (χ1v) is 4.47. The summed E-state index contributed by atoms with van der Waals surface area (Å²) in [4.78, 5) is 0. The largest absolute Gasteiger partial charge is 0.411 e. The van der Waals surface area contributed by atoms with Crippen LogP contribution in [0, 0.1) is 0 Å². The summed E-state index contributed by atoms with van der Waals surface area (Å²) in [6, 6.07) is 8.05. The zero-order valence-corrected chi connectivity index (χ0v) is 8.23. The Hall–Kier alpha value is -1.77. The second-order valence-electron chi connectivity index (χ2n) is 3.36. The predicted molar refractivity (Wildman–Crippen MR) is 56.9 cm³/mol. The van der Waals surface area contributed by atoms with E-state index in [-0.39, 0.29) is 0 Å². The number of hydrogen-bond acceptors (Lipinski definition) is 2. The van der Waals surface area contributed by atoms with Crippen molar-refractivity contribution in [3.63, 3.8) is 0 Å². The minimum Gasteiger partial charge on any atom is -0.411 e. The van der Waals surface area contributed by atoms with Gasteiger partial charge in [0.15, 0.2) is 0 Å². The molecule has 0 bridgehead atoms. The number of aryl methyl sites for hydroxylation is 1.